The van der Waals surface area contributed by atoms with Gasteiger partial charge in [-0.25, -0.2) is 16.8 Å². The Morgan fingerprint density at radius 2 is 1.13 bits per heavy atom. The normalized spacial score (nSPS) is 12.9. The number of hydrogen-bond acceptors (Lipinski definition) is 5. The summed E-state index contributed by atoms with van der Waals surface area (Å²) in [5, 5.41) is 0. The van der Waals surface area contributed by atoms with Gasteiger partial charge in [-0.3, -0.25) is 0 Å². The van der Waals surface area contributed by atoms with Crippen molar-refractivity contribution in [2.45, 2.75) is 0 Å². The van der Waals surface area contributed by atoms with E-state index in [9.17, 15) is 16.8 Å². The van der Waals surface area contributed by atoms with Gasteiger partial charge in [-0.1, -0.05) is 0 Å². The first-order chi connectivity index (χ1) is 6.83. The molecule has 0 bridgehead atoms. The van der Waals surface area contributed by atoms with Crippen LogP contribution in [-0.4, -0.2) is 52.0 Å². The Kier molecular flexibility index (Phi) is 7.10. The maximum atomic E-state index is 11.0. The lowest BCUT2D eigenvalue weighted by Gasteiger charge is -2.04. The molecule has 0 amide bonds. The maximum Gasteiger partial charge on any atom is 0.175 e. The van der Waals surface area contributed by atoms with E-state index in [-0.39, 0.29) is 23.3 Å². The summed E-state index contributed by atoms with van der Waals surface area (Å²) < 4.78 is 48.8. The summed E-state index contributed by atoms with van der Waals surface area (Å²) in [6, 6.07) is 0. The minimum Gasteiger partial charge on any atom is -0.350 e. The highest BCUT2D eigenvalue weighted by Gasteiger charge is 2.14. The molecule has 15 heavy (non-hydrogen) atoms. The predicted molar refractivity (Wildman–Crippen MR) is 59.8 cm³/mol. The van der Waals surface area contributed by atoms with E-state index in [0.29, 0.717) is 0 Å². The average molecular weight is 299 g/mol. The molecule has 0 spiro atoms. The fourth-order valence-corrected chi connectivity index (χ4v) is 3.54. The summed E-state index contributed by atoms with van der Waals surface area (Å²) in [7, 11) is -6.84. The van der Waals surface area contributed by atoms with E-state index >= 15 is 0 Å². The molecule has 0 heterocycles. The van der Waals surface area contributed by atoms with E-state index in [4.69, 9.17) is 23.2 Å². The van der Waals surface area contributed by atoms with Gasteiger partial charge in [-0.15, -0.1) is 23.2 Å². The van der Waals surface area contributed by atoms with Gasteiger partial charge in [0.05, 0.1) is 11.5 Å². The number of hydrogen-bond donors (Lipinski definition) is 0. The van der Waals surface area contributed by atoms with Crippen molar-refractivity contribution in [1.29, 1.82) is 0 Å². The van der Waals surface area contributed by atoms with E-state index in [0.717, 1.165) is 0 Å². The molecule has 0 saturated carbocycles. The SMILES string of the molecule is O=S(=O)(CCCl)COCS(=O)(=O)CCCl. The topological polar surface area (TPSA) is 77.5 Å². The van der Waals surface area contributed by atoms with Crippen molar-refractivity contribution in [2.75, 3.05) is 35.1 Å². The number of sulfone groups is 2. The molecule has 5 nitrogen and oxygen atoms in total. The molecule has 0 aliphatic heterocycles. The van der Waals surface area contributed by atoms with Crippen molar-refractivity contribution >= 4 is 42.9 Å². The van der Waals surface area contributed by atoms with Crippen LogP contribution < -0.4 is 0 Å². The monoisotopic (exact) mass is 298 g/mol. The highest BCUT2D eigenvalue weighted by Crippen LogP contribution is 1.98. The van der Waals surface area contributed by atoms with Gasteiger partial charge in [0.1, 0.15) is 11.9 Å². The third kappa shape index (κ3) is 8.27. The molecule has 0 fully saturated rings. The average Bonchev–Trinajstić information content (AvgIpc) is 2.02. The van der Waals surface area contributed by atoms with Gasteiger partial charge in [0.15, 0.2) is 19.7 Å². The third-order valence-electron chi connectivity index (χ3n) is 1.30. The first-order valence-corrected chi connectivity index (χ1v) is 8.65. The van der Waals surface area contributed by atoms with Crippen LogP contribution in [0.2, 0.25) is 0 Å². The molecule has 0 atom stereocenters. The molecular formula is C6H12Cl2O5S2. The molecule has 0 unspecified atom stereocenters. The Morgan fingerprint density at radius 3 is 1.40 bits per heavy atom. The lowest BCUT2D eigenvalue weighted by Crippen LogP contribution is -2.20. The summed E-state index contributed by atoms with van der Waals surface area (Å²) >= 11 is 10.5. The van der Waals surface area contributed by atoms with Gasteiger partial charge in [0, 0.05) is 11.8 Å². The van der Waals surface area contributed by atoms with E-state index in [1.54, 1.807) is 0 Å². The molecule has 0 radical (unpaired) electrons. The minimum absolute atomic E-state index is 0.0415. The largest absolute Gasteiger partial charge is 0.350 e. The molecule has 0 aromatic rings. The van der Waals surface area contributed by atoms with E-state index < -0.39 is 31.6 Å². The number of halogens is 2. The second-order valence-corrected chi connectivity index (χ2v) is 7.73. The second-order valence-electron chi connectivity index (χ2n) is 2.71. The van der Waals surface area contributed by atoms with Crippen LogP contribution in [0.15, 0.2) is 0 Å². The summed E-state index contributed by atoms with van der Waals surface area (Å²) in [5.41, 5.74) is 0. The Labute approximate surface area is 99.5 Å². The predicted octanol–water partition coefficient (Wildman–Crippen LogP) is 0.225. The molecule has 0 aliphatic rings. The summed E-state index contributed by atoms with van der Waals surface area (Å²) in [5.74, 6) is -1.82. The third-order valence-corrected chi connectivity index (χ3v) is 4.83. The Hall–Kier alpha value is 0.440. The van der Waals surface area contributed by atoms with Crippen molar-refractivity contribution in [3.05, 3.63) is 0 Å². The number of rotatable bonds is 8. The zero-order valence-corrected chi connectivity index (χ0v) is 11.0. The Balaban J connectivity index is 4.00. The van der Waals surface area contributed by atoms with Crippen LogP contribution >= 0.6 is 23.2 Å². The summed E-state index contributed by atoms with van der Waals surface area (Å²) in [6.45, 7) is 0. The lowest BCUT2D eigenvalue weighted by atomic mass is 11.0. The van der Waals surface area contributed by atoms with Crippen LogP contribution in [0, 0.1) is 0 Å². The van der Waals surface area contributed by atoms with Crippen LogP contribution in [0.5, 0.6) is 0 Å². The number of alkyl halides is 2. The highest BCUT2D eigenvalue weighted by molar-refractivity contribution is 7.92. The molecule has 0 saturated heterocycles. The number of ether oxygens (including phenoxy) is 1. The lowest BCUT2D eigenvalue weighted by molar-refractivity contribution is 0.224. The van der Waals surface area contributed by atoms with Crippen LogP contribution in [-0.2, 0) is 24.4 Å². The van der Waals surface area contributed by atoms with Crippen molar-refractivity contribution in [2.24, 2.45) is 0 Å². The van der Waals surface area contributed by atoms with Crippen LogP contribution in [0.3, 0.4) is 0 Å². The van der Waals surface area contributed by atoms with Crippen molar-refractivity contribution in [3.8, 4) is 0 Å². The molecule has 9 heteroatoms. The Morgan fingerprint density at radius 1 is 0.800 bits per heavy atom. The molecule has 92 valence electrons. The van der Waals surface area contributed by atoms with E-state index in [1.165, 1.54) is 0 Å². The van der Waals surface area contributed by atoms with Gasteiger partial charge >= 0.3 is 0 Å². The van der Waals surface area contributed by atoms with Gasteiger partial charge < -0.3 is 4.74 Å². The molecule has 0 aromatic heterocycles. The zero-order chi connectivity index (χ0) is 11.9. The summed E-state index contributed by atoms with van der Waals surface area (Å²) in [4.78, 5) is 0. The first kappa shape index (κ1) is 15.4. The van der Waals surface area contributed by atoms with Gasteiger partial charge in [-0.05, 0) is 0 Å². The molecule has 0 aliphatic carbocycles. The Bertz CT molecular complexity index is 325. The van der Waals surface area contributed by atoms with Crippen LogP contribution in [0.1, 0.15) is 0 Å². The quantitative estimate of drug-likeness (QED) is 0.599. The highest BCUT2D eigenvalue weighted by atomic mass is 35.5. The van der Waals surface area contributed by atoms with Gasteiger partial charge in [0.2, 0.25) is 0 Å². The zero-order valence-electron chi connectivity index (χ0n) is 7.86. The smallest absolute Gasteiger partial charge is 0.175 e. The molecule has 0 aromatic carbocycles. The van der Waals surface area contributed by atoms with Gasteiger partial charge in [0.25, 0.3) is 0 Å². The summed E-state index contributed by atoms with van der Waals surface area (Å²) in [6.07, 6.45) is 0. The fraction of sp³-hybridized carbons (Fsp3) is 1.00. The second kappa shape index (κ2) is 6.90. The molecule has 0 N–H and O–H groups in total. The first-order valence-electron chi connectivity index (χ1n) is 3.93. The van der Waals surface area contributed by atoms with Gasteiger partial charge in [-0.2, -0.15) is 0 Å². The van der Waals surface area contributed by atoms with Crippen LogP contribution in [0.25, 0.3) is 0 Å². The van der Waals surface area contributed by atoms with Crippen molar-refractivity contribution < 1.29 is 21.6 Å². The minimum atomic E-state index is -3.42. The maximum absolute atomic E-state index is 11.0. The van der Waals surface area contributed by atoms with E-state index in [2.05, 4.69) is 4.74 Å². The van der Waals surface area contributed by atoms with Crippen LogP contribution in [0.4, 0.5) is 0 Å². The standard InChI is InChI=1S/C6H12Cl2O5S2/c7-1-3-14(9,10)5-13-6-15(11,12)4-2-8/h1-6H2. The van der Waals surface area contributed by atoms with Crippen molar-refractivity contribution in [3.63, 3.8) is 0 Å². The van der Waals surface area contributed by atoms with E-state index in [1.807, 2.05) is 0 Å². The molecular weight excluding hydrogens is 287 g/mol. The van der Waals surface area contributed by atoms with Crippen molar-refractivity contribution in [1.82, 2.24) is 0 Å². The molecule has 0 rings (SSSR count). The fourth-order valence-electron chi connectivity index (χ4n) is 0.641.